The van der Waals surface area contributed by atoms with Gasteiger partial charge in [0.25, 0.3) is 5.91 Å². The number of ether oxygens (including phenoxy) is 1. The van der Waals surface area contributed by atoms with Gasteiger partial charge in [0.1, 0.15) is 5.00 Å². The molecule has 0 bridgehead atoms. The molecule has 3 fully saturated rings. The molecule has 0 aromatic carbocycles. The fraction of sp³-hybridized carbons (Fsp3) is 0.708. The van der Waals surface area contributed by atoms with Crippen LogP contribution in [0, 0.1) is 12.3 Å². The second kappa shape index (κ2) is 9.25. The van der Waals surface area contributed by atoms with Gasteiger partial charge in [-0.3, -0.25) is 24.2 Å². The third kappa shape index (κ3) is 4.25. The van der Waals surface area contributed by atoms with Crippen molar-refractivity contribution in [3.8, 4) is 5.06 Å². The Bertz CT molecular complexity index is 937. The number of thiophene rings is 1. The number of anilines is 1. The highest BCUT2D eigenvalue weighted by molar-refractivity contribution is 7.18. The Hall–Kier alpha value is -2.13. The van der Waals surface area contributed by atoms with Gasteiger partial charge in [-0.05, 0) is 59.9 Å². The molecule has 0 radical (unpaired) electrons. The van der Waals surface area contributed by atoms with Crippen molar-refractivity contribution in [1.82, 2.24) is 14.7 Å². The van der Waals surface area contributed by atoms with E-state index < -0.39 is 5.41 Å². The molecule has 4 heterocycles. The van der Waals surface area contributed by atoms with Gasteiger partial charge in [0.05, 0.1) is 17.6 Å². The predicted octanol–water partition coefficient (Wildman–Crippen LogP) is 2.89. The molecule has 1 aromatic rings. The van der Waals surface area contributed by atoms with E-state index in [4.69, 9.17) is 10.5 Å². The number of likely N-dealkylation sites (tertiary alicyclic amines) is 3. The standard InChI is InChI=1S/C24H36N4O4S/c1-5-32-22-16(4)19(20(25)33-22)21(30)26-11-7-17(8-12-26)27-10-6-9-24(14-27)13-18(29)28(15(2)3)23(24)31/h15,17H,5-14,25H2,1-4H3. The number of nitrogen functional groups attached to an aromatic ring is 1. The maximum Gasteiger partial charge on any atom is 0.257 e. The molecule has 1 atom stereocenters. The molecule has 182 valence electrons. The van der Waals surface area contributed by atoms with E-state index in [0.29, 0.717) is 49.3 Å². The summed E-state index contributed by atoms with van der Waals surface area (Å²) in [6.45, 7) is 11.1. The first-order valence-corrected chi connectivity index (χ1v) is 12.9. The molecule has 1 spiro atoms. The Morgan fingerprint density at radius 1 is 1.24 bits per heavy atom. The Morgan fingerprint density at radius 3 is 2.55 bits per heavy atom. The van der Waals surface area contributed by atoms with Crippen molar-refractivity contribution < 1.29 is 19.1 Å². The Labute approximate surface area is 200 Å². The Kier molecular flexibility index (Phi) is 6.73. The zero-order chi connectivity index (χ0) is 23.9. The lowest BCUT2D eigenvalue weighted by molar-refractivity contribution is -0.145. The van der Waals surface area contributed by atoms with Crippen LogP contribution in [0.5, 0.6) is 5.06 Å². The van der Waals surface area contributed by atoms with Crippen LogP contribution in [-0.2, 0) is 9.59 Å². The first-order valence-electron chi connectivity index (χ1n) is 12.1. The monoisotopic (exact) mass is 476 g/mol. The molecule has 0 saturated carbocycles. The van der Waals surface area contributed by atoms with Gasteiger partial charge >= 0.3 is 0 Å². The number of carbonyl (C=O) groups excluding carboxylic acids is 3. The SMILES string of the molecule is CCOc1sc(N)c(C(=O)N2CCC(N3CCCC4(CC(=O)N(C(C)C)C4=O)C3)CC2)c1C. The summed E-state index contributed by atoms with van der Waals surface area (Å²) in [5.41, 5.74) is 7.00. The predicted molar refractivity (Wildman–Crippen MR) is 128 cm³/mol. The zero-order valence-corrected chi connectivity index (χ0v) is 21.0. The largest absolute Gasteiger partial charge is 0.484 e. The number of carbonyl (C=O) groups is 3. The second-order valence-electron chi connectivity index (χ2n) is 9.90. The van der Waals surface area contributed by atoms with Crippen LogP contribution >= 0.6 is 11.3 Å². The number of amides is 3. The first-order chi connectivity index (χ1) is 15.7. The van der Waals surface area contributed by atoms with Crippen LogP contribution < -0.4 is 10.5 Å². The second-order valence-corrected chi connectivity index (χ2v) is 10.9. The lowest BCUT2D eigenvalue weighted by Gasteiger charge is -2.45. The molecule has 2 N–H and O–H groups in total. The van der Waals surface area contributed by atoms with E-state index >= 15 is 0 Å². The third-order valence-corrected chi connectivity index (χ3v) is 8.47. The van der Waals surface area contributed by atoms with Crippen molar-refractivity contribution in [2.24, 2.45) is 5.41 Å². The lowest BCUT2D eigenvalue weighted by Crippen LogP contribution is -2.54. The number of imide groups is 1. The van der Waals surface area contributed by atoms with E-state index in [1.807, 2.05) is 32.6 Å². The molecule has 4 rings (SSSR count). The molecule has 1 unspecified atom stereocenters. The molecule has 3 saturated heterocycles. The Morgan fingerprint density at radius 2 is 1.94 bits per heavy atom. The van der Waals surface area contributed by atoms with E-state index in [2.05, 4.69) is 4.90 Å². The van der Waals surface area contributed by atoms with E-state index in [-0.39, 0.29) is 23.8 Å². The summed E-state index contributed by atoms with van der Waals surface area (Å²) in [7, 11) is 0. The number of nitrogens with zero attached hydrogens (tertiary/aromatic N) is 3. The van der Waals surface area contributed by atoms with Gasteiger partial charge in [-0.2, -0.15) is 0 Å². The number of rotatable bonds is 5. The minimum absolute atomic E-state index is 0.00771. The molecule has 3 aliphatic rings. The summed E-state index contributed by atoms with van der Waals surface area (Å²) < 4.78 is 5.62. The molecular formula is C24H36N4O4S. The minimum atomic E-state index is -0.565. The third-order valence-electron chi connectivity index (χ3n) is 7.44. The molecule has 3 aliphatic heterocycles. The minimum Gasteiger partial charge on any atom is -0.484 e. The van der Waals surface area contributed by atoms with Crippen LogP contribution in [0.25, 0.3) is 0 Å². The maximum absolute atomic E-state index is 13.2. The van der Waals surface area contributed by atoms with Crippen molar-refractivity contribution in [2.75, 3.05) is 38.5 Å². The van der Waals surface area contributed by atoms with Crippen LogP contribution in [0.3, 0.4) is 0 Å². The van der Waals surface area contributed by atoms with Crippen molar-refractivity contribution in [1.29, 1.82) is 0 Å². The number of hydrogen-bond acceptors (Lipinski definition) is 7. The molecular weight excluding hydrogens is 440 g/mol. The summed E-state index contributed by atoms with van der Waals surface area (Å²) in [6.07, 6.45) is 3.76. The van der Waals surface area contributed by atoms with E-state index in [0.717, 1.165) is 42.9 Å². The molecule has 33 heavy (non-hydrogen) atoms. The summed E-state index contributed by atoms with van der Waals surface area (Å²) in [5, 5.41) is 1.23. The lowest BCUT2D eigenvalue weighted by atomic mass is 9.77. The molecule has 0 aliphatic carbocycles. The summed E-state index contributed by atoms with van der Waals surface area (Å²) in [4.78, 5) is 44.7. The van der Waals surface area contributed by atoms with Gasteiger partial charge in [-0.25, -0.2) is 0 Å². The van der Waals surface area contributed by atoms with Gasteiger partial charge in [0.2, 0.25) is 11.8 Å². The van der Waals surface area contributed by atoms with Gasteiger partial charge in [0, 0.05) is 43.7 Å². The van der Waals surface area contributed by atoms with Crippen molar-refractivity contribution in [2.45, 2.75) is 71.9 Å². The van der Waals surface area contributed by atoms with Crippen molar-refractivity contribution in [3.05, 3.63) is 11.1 Å². The highest BCUT2D eigenvalue weighted by Crippen LogP contribution is 2.43. The smallest absolute Gasteiger partial charge is 0.257 e. The average Bonchev–Trinajstić information content (AvgIpc) is 3.19. The van der Waals surface area contributed by atoms with E-state index in [1.54, 1.807) is 0 Å². The molecule has 9 heteroatoms. The van der Waals surface area contributed by atoms with Gasteiger partial charge in [-0.15, -0.1) is 0 Å². The van der Waals surface area contributed by atoms with Crippen LogP contribution in [0.1, 0.15) is 68.8 Å². The van der Waals surface area contributed by atoms with E-state index in [9.17, 15) is 14.4 Å². The zero-order valence-electron chi connectivity index (χ0n) is 20.2. The van der Waals surface area contributed by atoms with Crippen molar-refractivity contribution in [3.63, 3.8) is 0 Å². The van der Waals surface area contributed by atoms with Gasteiger partial charge in [0.15, 0.2) is 5.06 Å². The van der Waals surface area contributed by atoms with E-state index in [1.165, 1.54) is 16.2 Å². The fourth-order valence-corrected chi connectivity index (χ4v) is 6.75. The van der Waals surface area contributed by atoms with Crippen LogP contribution in [-0.4, -0.2) is 77.3 Å². The topological polar surface area (TPSA) is 96.2 Å². The highest BCUT2D eigenvalue weighted by atomic mass is 32.1. The fourth-order valence-electron chi connectivity index (χ4n) is 5.78. The van der Waals surface area contributed by atoms with Gasteiger partial charge < -0.3 is 15.4 Å². The highest BCUT2D eigenvalue weighted by Gasteiger charge is 2.54. The molecule has 1 aromatic heterocycles. The van der Waals surface area contributed by atoms with Crippen LogP contribution in [0.15, 0.2) is 0 Å². The van der Waals surface area contributed by atoms with Gasteiger partial charge in [-0.1, -0.05) is 11.3 Å². The maximum atomic E-state index is 13.2. The normalized spacial score (nSPS) is 25.0. The number of piperidine rings is 2. The van der Waals surface area contributed by atoms with Crippen LogP contribution in [0.4, 0.5) is 5.00 Å². The number of hydrogen-bond donors (Lipinski definition) is 1. The van der Waals surface area contributed by atoms with Crippen LogP contribution in [0.2, 0.25) is 0 Å². The quantitative estimate of drug-likeness (QED) is 0.657. The van der Waals surface area contributed by atoms with Crippen molar-refractivity contribution >= 4 is 34.1 Å². The summed E-state index contributed by atoms with van der Waals surface area (Å²) in [6, 6.07) is 0.229. The average molecular weight is 477 g/mol. The summed E-state index contributed by atoms with van der Waals surface area (Å²) >= 11 is 1.33. The molecule has 8 nitrogen and oxygen atoms in total. The summed E-state index contributed by atoms with van der Waals surface area (Å²) in [5.74, 6) is -0.0503. The molecule has 3 amide bonds. The first kappa shape index (κ1) is 24.0. The Balaban J connectivity index is 1.40. The number of nitrogens with two attached hydrogens (primary N) is 1.